The third-order valence-electron chi connectivity index (χ3n) is 4.54. The zero-order valence-corrected chi connectivity index (χ0v) is 10.6. The molecule has 2 aliphatic rings. The molecule has 1 atom stereocenters. The fourth-order valence-corrected chi connectivity index (χ4v) is 3.53. The molecule has 1 fully saturated rings. The van der Waals surface area contributed by atoms with Crippen LogP contribution >= 0.6 is 0 Å². The lowest BCUT2D eigenvalue weighted by atomic mass is 9.81. The molecule has 1 unspecified atom stereocenters. The molecule has 18 heavy (non-hydrogen) atoms. The molecule has 0 saturated heterocycles. The van der Waals surface area contributed by atoms with Gasteiger partial charge in [0.15, 0.2) is 0 Å². The first-order chi connectivity index (χ1) is 8.64. The zero-order chi connectivity index (χ0) is 12.8. The quantitative estimate of drug-likeness (QED) is 0.860. The summed E-state index contributed by atoms with van der Waals surface area (Å²) in [7, 11) is 0. The number of fused-ring (bicyclic) bond motifs is 2. The minimum atomic E-state index is -0.730. The van der Waals surface area contributed by atoms with Crippen LogP contribution in [0.2, 0.25) is 0 Å². The van der Waals surface area contributed by atoms with Gasteiger partial charge in [0, 0.05) is 5.41 Å². The average Bonchev–Trinajstić information content (AvgIpc) is 2.96. The lowest BCUT2D eigenvalue weighted by molar-refractivity contribution is -0.139. The van der Waals surface area contributed by atoms with E-state index in [1.165, 1.54) is 31.2 Å². The molecule has 0 radical (unpaired) electrons. The molecule has 1 saturated carbocycles. The van der Waals surface area contributed by atoms with Crippen LogP contribution in [0.15, 0.2) is 30.3 Å². The first-order valence-electron chi connectivity index (χ1n) is 6.69. The van der Waals surface area contributed by atoms with Crippen molar-refractivity contribution in [3.63, 3.8) is 0 Å². The molecular formula is C16H18O2. The van der Waals surface area contributed by atoms with Gasteiger partial charge in [-0.2, -0.15) is 0 Å². The summed E-state index contributed by atoms with van der Waals surface area (Å²) in [5, 5.41) is 9.26. The van der Waals surface area contributed by atoms with Crippen LogP contribution in [0.25, 0.3) is 5.57 Å². The van der Waals surface area contributed by atoms with Crippen LogP contribution in [-0.4, -0.2) is 11.1 Å². The number of carboxylic acids is 1. The second-order valence-corrected chi connectivity index (χ2v) is 5.57. The second-order valence-electron chi connectivity index (χ2n) is 5.57. The second kappa shape index (κ2) is 3.98. The highest BCUT2D eigenvalue weighted by atomic mass is 16.4. The van der Waals surface area contributed by atoms with Gasteiger partial charge in [-0.05, 0) is 36.5 Å². The van der Waals surface area contributed by atoms with Crippen molar-refractivity contribution in [1.29, 1.82) is 0 Å². The van der Waals surface area contributed by atoms with Crippen LogP contribution in [0.3, 0.4) is 0 Å². The summed E-state index contributed by atoms with van der Waals surface area (Å²) < 4.78 is 0. The lowest BCUT2D eigenvalue weighted by Crippen LogP contribution is -2.16. The first-order valence-corrected chi connectivity index (χ1v) is 6.69. The number of benzene rings is 1. The minimum Gasteiger partial charge on any atom is -0.481 e. The van der Waals surface area contributed by atoms with Crippen LogP contribution < -0.4 is 0 Å². The van der Waals surface area contributed by atoms with Crippen LogP contribution in [0.5, 0.6) is 0 Å². The van der Waals surface area contributed by atoms with Crippen molar-refractivity contribution >= 4 is 11.5 Å². The molecule has 0 aromatic heterocycles. The van der Waals surface area contributed by atoms with Crippen molar-refractivity contribution in [3.8, 4) is 0 Å². The minimum absolute atomic E-state index is 0.135. The SMILES string of the molecule is CC(C(=O)O)C1=CC2(CCCC2)c2ccccc21. The molecule has 1 N–H and O–H groups in total. The first kappa shape index (κ1) is 11.5. The van der Waals surface area contributed by atoms with Crippen molar-refractivity contribution in [2.24, 2.45) is 5.92 Å². The van der Waals surface area contributed by atoms with Gasteiger partial charge in [-0.25, -0.2) is 0 Å². The van der Waals surface area contributed by atoms with Gasteiger partial charge in [0.25, 0.3) is 0 Å². The topological polar surface area (TPSA) is 37.3 Å². The highest BCUT2D eigenvalue weighted by molar-refractivity contribution is 5.90. The van der Waals surface area contributed by atoms with E-state index in [1.54, 1.807) is 6.92 Å². The standard InChI is InChI=1S/C16H18O2/c1-11(15(17)18)13-10-16(8-4-5-9-16)14-7-3-2-6-12(13)14/h2-3,6-7,10-11H,4-5,8-9H2,1H3,(H,17,18). The van der Waals surface area contributed by atoms with Crippen molar-refractivity contribution < 1.29 is 9.90 Å². The third kappa shape index (κ3) is 1.52. The Hall–Kier alpha value is -1.57. The van der Waals surface area contributed by atoms with Gasteiger partial charge in [-0.3, -0.25) is 4.79 Å². The Morgan fingerprint density at radius 1 is 1.28 bits per heavy atom. The largest absolute Gasteiger partial charge is 0.481 e. The fraction of sp³-hybridized carbons (Fsp3) is 0.438. The number of hydrogen-bond acceptors (Lipinski definition) is 1. The molecule has 1 spiro atoms. The van der Waals surface area contributed by atoms with Gasteiger partial charge in [0.05, 0.1) is 5.92 Å². The van der Waals surface area contributed by atoms with Crippen LogP contribution in [-0.2, 0) is 10.2 Å². The summed E-state index contributed by atoms with van der Waals surface area (Å²) in [5.41, 5.74) is 3.66. The molecule has 0 amide bonds. The van der Waals surface area contributed by atoms with E-state index in [0.29, 0.717) is 0 Å². The molecule has 1 aromatic rings. The molecular weight excluding hydrogens is 224 g/mol. The maximum absolute atomic E-state index is 11.3. The van der Waals surface area contributed by atoms with Crippen molar-refractivity contribution in [1.82, 2.24) is 0 Å². The number of hydrogen-bond donors (Lipinski definition) is 1. The molecule has 2 nitrogen and oxygen atoms in total. The summed E-state index contributed by atoms with van der Waals surface area (Å²) in [4.78, 5) is 11.3. The van der Waals surface area contributed by atoms with E-state index in [2.05, 4.69) is 24.3 Å². The summed E-state index contributed by atoms with van der Waals surface area (Å²) in [6.45, 7) is 1.79. The van der Waals surface area contributed by atoms with Gasteiger partial charge >= 0.3 is 5.97 Å². The number of allylic oxidation sites excluding steroid dienone is 1. The molecule has 0 aliphatic heterocycles. The van der Waals surface area contributed by atoms with E-state index in [9.17, 15) is 9.90 Å². The Bertz CT molecular complexity index is 522. The number of rotatable bonds is 2. The van der Waals surface area contributed by atoms with Gasteiger partial charge in [0.1, 0.15) is 0 Å². The van der Waals surface area contributed by atoms with E-state index in [1.807, 2.05) is 6.07 Å². The van der Waals surface area contributed by atoms with E-state index in [4.69, 9.17) is 0 Å². The highest BCUT2D eigenvalue weighted by Gasteiger charge is 2.41. The van der Waals surface area contributed by atoms with E-state index < -0.39 is 11.9 Å². The number of carboxylic acid groups (broad SMARTS) is 1. The zero-order valence-electron chi connectivity index (χ0n) is 10.6. The Labute approximate surface area is 107 Å². The normalized spacial score (nSPS) is 21.7. The Balaban J connectivity index is 2.13. The maximum atomic E-state index is 11.3. The van der Waals surface area contributed by atoms with E-state index in [-0.39, 0.29) is 5.41 Å². The molecule has 0 bridgehead atoms. The molecule has 94 valence electrons. The monoisotopic (exact) mass is 242 g/mol. The van der Waals surface area contributed by atoms with Gasteiger partial charge < -0.3 is 5.11 Å². The van der Waals surface area contributed by atoms with Crippen LogP contribution in [0.4, 0.5) is 0 Å². The average molecular weight is 242 g/mol. The predicted octanol–water partition coefficient (Wildman–Crippen LogP) is 3.62. The van der Waals surface area contributed by atoms with E-state index in [0.717, 1.165) is 11.1 Å². The maximum Gasteiger partial charge on any atom is 0.310 e. The van der Waals surface area contributed by atoms with Crippen molar-refractivity contribution in [3.05, 3.63) is 41.5 Å². The lowest BCUT2D eigenvalue weighted by Gasteiger charge is -2.22. The summed E-state index contributed by atoms with van der Waals surface area (Å²) in [6.07, 6.45) is 7.09. The molecule has 3 rings (SSSR count). The molecule has 2 heteroatoms. The van der Waals surface area contributed by atoms with E-state index >= 15 is 0 Å². The predicted molar refractivity (Wildman–Crippen MR) is 71.4 cm³/mol. The highest BCUT2D eigenvalue weighted by Crippen LogP contribution is 2.51. The summed E-state index contributed by atoms with van der Waals surface area (Å²) in [5.74, 6) is -1.14. The summed E-state index contributed by atoms with van der Waals surface area (Å²) in [6, 6.07) is 8.34. The van der Waals surface area contributed by atoms with Crippen molar-refractivity contribution in [2.75, 3.05) is 0 Å². The Morgan fingerprint density at radius 3 is 2.61 bits per heavy atom. The van der Waals surface area contributed by atoms with Gasteiger partial charge in [0.2, 0.25) is 0 Å². The molecule has 0 heterocycles. The smallest absolute Gasteiger partial charge is 0.310 e. The van der Waals surface area contributed by atoms with Crippen LogP contribution in [0, 0.1) is 5.92 Å². The van der Waals surface area contributed by atoms with Gasteiger partial charge in [-0.15, -0.1) is 0 Å². The van der Waals surface area contributed by atoms with Crippen molar-refractivity contribution in [2.45, 2.75) is 38.0 Å². The molecule has 1 aromatic carbocycles. The Kier molecular flexibility index (Phi) is 2.54. The van der Waals surface area contributed by atoms with Crippen LogP contribution in [0.1, 0.15) is 43.7 Å². The fourth-order valence-electron chi connectivity index (χ4n) is 3.53. The third-order valence-corrected chi connectivity index (χ3v) is 4.54. The Morgan fingerprint density at radius 2 is 1.94 bits per heavy atom. The summed E-state index contributed by atoms with van der Waals surface area (Å²) >= 11 is 0. The number of aliphatic carboxylic acids is 1. The van der Waals surface area contributed by atoms with Gasteiger partial charge in [-0.1, -0.05) is 43.2 Å². The number of carbonyl (C=O) groups is 1. The molecule has 2 aliphatic carbocycles.